The Hall–Kier alpha value is -0.120. The number of likely N-dealkylation sites (N-methyl/N-ethyl adjacent to an activating group) is 1. The van der Waals surface area contributed by atoms with Crippen LogP contribution in [0.2, 0.25) is 0 Å². The number of rotatable bonds is 8. The highest BCUT2D eigenvalue weighted by atomic mass is 16.5. The maximum atomic E-state index is 5.61. The van der Waals surface area contributed by atoms with Gasteiger partial charge < -0.3 is 10.1 Å². The fourth-order valence-corrected chi connectivity index (χ4v) is 2.67. The van der Waals surface area contributed by atoms with Crippen molar-refractivity contribution in [3.63, 3.8) is 0 Å². The lowest BCUT2D eigenvalue weighted by molar-refractivity contribution is 0.104. The first-order valence-electron chi connectivity index (χ1n) is 7.27. The van der Waals surface area contributed by atoms with E-state index in [0.29, 0.717) is 18.2 Å². The van der Waals surface area contributed by atoms with E-state index in [-0.39, 0.29) is 0 Å². The van der Waals surface area contributed by atoms with Crippen molar-refractivity contribution >= 4 is 0 Å². The zero-order valence-electron chi connectivity index (χ0n) is 12.0. The topological polar surface area (TPSA) is 24.5 Å². The molecule has 1 rings (SSSR count). The summed E-state index contributed by atoms with van der Waals surface area (Å²) in [4.78, 5) is 2.57. The van der Waals surface area contributed by atoms with Crippen molar-refractivity contribution in [3.05, 3.63) is 0 Å². The largest absolute Gasteiger partial charge is 0.377 e. The highest BCUT2D eigenvalue weighted by Gasteiger charge is 2.18. The van der Waals surface area contributed by atoms with Crippen molar-refractivity contribution in [2.45, 2.75) is 65.1 Å². The summed E-state index contributed by atoms with van der Waals surface area (Å²) in [6.07, 6.45) is 4.14. The van der Waals surface area contributed by atoms with Gasteiger partial charge in [-0.1, -0.05) is 13.8 Å². The fraction of sp³-hybridized carbons (Fsp3) is 1.00. The molecule has 1 fully saturated rings. The predicted octanol–water partition coefficient (Wildman–Crippen LogP) is 2.26. The molecular weight excluding hydrogens is 212 g/mol. The number of hydrogen-bond acceptors (Lipinski definition) is 3. The van der Waals surface area contributed by atoms with Gasteiger partial charge in [0.1, 0.15) is 0 Å². The molecule has 1 N–H and O–H groups in total. The SMILES string of the molecule is CCC(C)N(CC)C(C)CNCC1CCCO1. The van der Waals surface area contributed by atoms with Crippen molar-refractivity contribution in [2.24, 2.45) is 0 Å². The van der Waals surface area contributed by atoms with Crippen LogP contribution in [-0.4, -0.2) is 49.3 Å². The zero-order valence-corrected chi connectivity index (χ0v) is 12.0. The molecular formula is C14H30N2O. The summed E-state index contributed by atoms with van der Waals surface area (Å²) < 4.78 is 5.61. The molecule has 0 aromatic rings. The smallest absolute Gasteiger partial charge is 0.0700 e. The van der Waals surface area contributed by atoms with E-state index >= 15 is 0 Å². The maximum absolute atomic E-state index is 5.61. The molecule has 0 spiro atoms. The van der Waals surface area contributed by atoms with Crippen LogP contribution < -0.4 is 5.32 Å². The van der Waals surface area contributed by atoms with E-state index in [2.05, 4.69) is 37.9 Å². The molecule has 3 nitrogen and oxygen atoms in total. The minimum absolute atomic E-state index is 0.459. The average molecular weight is 242 g/mol. The van der Waals surface area contributed by atoms with E-state index in [1.165, 1.54) is 19.3 Å². The van der Waals surface area contributed by atoms with Gasteiger partial charge in [0.25, 0.3) is 0 Å². The third-order valence-corrected chi connectivity index (χ3v) is 3.92. The lowest BCUT2D eigenvalue weighted by Gasteiger charge is -2.33. The number of ether oxygens (including phenoxy) is 1. The Morgan fingerprint density at radius 1 is 1.29 bits per heavy atom. The average Bonchev–Trinajstić information content (AvgIpc) is 2.82. The second-order valence-electron chi connectivity index (χ2n) is 5.23. The Labute approximate surface area is 107 Å². The van der Waals surface area contributed by atoms with Gasteiger partial charge in [-0.15, -0.1) is 0 Å². The molecule has 1 saturated heterocycles. The molecule has 0 aliphatic carbocycles. The van der Waals surface area contributed by atoms with E-state index in [9.17, 15) is 0 Å². The van der Waals surface area contributed by atoms with Gasteiger partial charge >= 0.3 is 0 Å². The second kappa shape index (κ2) is 8.06. The van der Waals surface area contributed by atoms with Crippen LogP contribution >= 0.6 is 0 Å². The minimum atomic E-state index is 0.459. The van der Waals surface area contributed by atoms with Crippen LogP contribution in [0.5, 0.6) is 0 Å². The molecule has 17 heavy (non-hydrogen) atoms. The third-order valence-electron chi connectivity index (χ3n) is 3.92. The Morgan fingerprint density at radius 3 is 2.59 bits per heavy atom. The summed E-state index contributed by atoms with van der Waals surface area (Å²) in [5.74, 6) is 0. The molecule has 0 aromatic carbocycles. The van der Waals surface area contributed by atoms with Gasteiger partial charge in [-0.25, -0.2) is 0 Å². The van der Waals surface area contributed by atoms with Crippen molar-refractivity contribution in [1.82, 2.24) is 10.2 Å². The molecule has 1 heterocycles. The van der Waals surface area contributed by atoms with E-state index < -0.39 is 0 Å². The summed E-state index contributed by atoms with van der Waals surface area (Å²) in [7, 11) is 0. The first kappa shape index (κ1) is 14.9. The molecule has 1 aliphatic rings. The van der Waals surface area contributed by atoms with Gasteiger partial charge in [-0.2, -0.15) is 0 Å². The van der Waals surface area contributed by atoms with E-state index in [0.717, 1.165) is 26.2 Å². The summed E-state index contributed by atoms with van der Waals surface area (Å²) in [5, 5.41) is 3.55. The van der Waals surface area contributed by atoms with Crippen LogP contribution in [0, 0.1) is 0 Å². The molecule has 0 saturated carbocycles. The van der Waals surface area contributed by atoms with Crippen LogP contribution in [0.25, 0.3) is 0 Å². The number of nitrogens with one attached hydrogen (secondary N) is 1. The van der Waals surface area contributed by atoms with E-state index in [4.69, 9.17) is 4.74 Å². The molecule has 0 aromatic heterocycles. The highest BCUT2D eigenvalue weighted by Crippen LogP contribution is 2.11. The number of hydrogen-bond donors (Lipinski definition) is 1. The molecule has 0 amide bonds. The molecule has 1 aliphatic heterocycles. The lowest BCUT2D eigenvalue weighted by atomic mass is 10.1. The van der Waals surface area contributed by atoms with Gasteiger partial charge in [0.15, 0.2) is 0 Å². The van der Waals surface area contributed by atoms with Crippen LogP contribution in [0.15, 0.2) is 0 Å². The summed E-state index contributed by atoms with van der Waals surface area (Å²) >= 11 is 0. The van der Waals surface area contributed by atoms with Crippen molar-refractivity contribution in [3.8, 4) is 0 Å². The minimum Gasteiger partial charge on any atom is -0.377 e. The standard InChI is InChI=1S/C14H30N2O/c1-5-12(3)16(6-2)13(4)10-15-11-14-8-7-9-17-14/h12-15H,5-11H2,1-4H3. The van der Waals surface area contributed by atoms with Gasteiger partial charge in [0, 0.05) is 31.8 Å². The summed E-state index contributed by atoms with van der Waals surface area (Å²) in [5.41, 5.74) is 0. The molecule has 3 unspecified atom stereocenters. The van der Waals surface area contributed by atoms with Crippen LogP contribution in [-0.2, 0) is 4.74 Å². The zero-order chi connectivity index (χ0) is 12.7. The summed E-state index contributed by atoms with van der Waals surface area (Å²) in [6, 6.07) is 1.29. The van der Waals surface area contributed by atoms with Gasteiger partial charge in [-0.05, 0) is 39.7 Å². The van der Waals surface area contributed by atoms with Gasteiger partial charge in [-0.3, -0.25) is 4.90 Å². The van der Waals surface area contributed by atoms with Crippen molar-refractivity contribution in [2.75, 3.05) is 26.2 Å². The Kier molecular flexibility index (Phi) is 7.09. The molecule has 3 heteroatoms. The first-order chi connectivity index (χ1) is 8.19. The van der Waals surface area contributed by atoms with Crippen LogP contribution in [0.1, 0.15) is 47.0 Å². The Morgan fingerprint density at radius 2 is 2.06 bits per heavy atom. The monoisotopic (exact) mass is 242 g/mol. The van der Waals surface area contributed by atoms with Gasteiger partial charge in [0.05, 0.1) is 6.10 Å². The summed E-state index contributed by atoms with van der Waals surface area (Å²) in [6.45, 7) is 13.3. The molecule has 102 valence electrons. The van der Waals surface area contributed by atoms with Crippen molar-refractivity contribution in [1.29, 1.82) is 0 Å². The first-order valence-corrected chi connectivity index (χ1v) is 7.27. The number of nitrogens with zero attached hydrogens (tertiary/aromatic N) is 1. The Bertz CT molecular complexity index is 193. The molecule has 0 radical (unpaired) electrons. The highest BCUT2D eigenvalue weighted by molar-refractivity contribution is 4.75. The van der Waals surface area contributed by atoms with Crippen LogP contribution in [0.3, 0.4) is 0 Å². The predicted molar refractivity (Wildman–Crippen MR) is 73.4 cm³/mol. The molecule has 0 bridgehead atoms. The maximum Gasteiger partial charge on any atom is 0.0700 e. The third kappa shape index (κ3) is 4.94. The molecule has 3 atom stereocenters. The van der Waals surface area contributed by atoms with Gasteiger partial charge in [0.2, 0.25) is 0 Å². The fourth-order valence-electron chi connectivity index (χ4n) is 2.67. The van der Waals surface area contributed by atoms with E-state index in [1.807, 2.05) is 0 Å². The normalized spacial score (nSPS) is 24.2. The van der Waals surface area contributed by atoms with E-state index in [1.54, 1.807) is 0 Å². The van der Waals surface area contributed by atoms with Crippen molar-refractivity contribution < 1.29 is 4.74 Å². The Balaban J connectivity index is 2.19. The lowest BCUT2D eigenvalue weighted by Crippen LogP contribution is -2.46. The quantitative estimate of drug-likeness (QED) is 0.706. The van der Waals surface area contributed by atoms with Crippen LogP contribution in [0.4, 0.5) is 0 Å². The second-order valence-corrected chi connectivity index (χ2v) is 5.23.